The van der Waals surface area contributed by atoms with Gasteiger partial charge in [0.15, 0.2) is 0 Å². The van der Waals surface area contributed by atoms with E-state index in [0.717, 1.165) is 23.8 Å². The van der Waals surface area contributed by atoms with Crippen molar-refractivity contribution in [3.63, 3.8) is 0 Å². The molecule has 0 heterocycles. The van der Waals surface area contributed by atoms with Gasteiger partial charge >= 0.3 is 6.18 Å². The molecule has 0 saturated heterocycles. The first-order valence-corrected chi connectivity index (χ1v) is 7.46. The second-order valence-electron chi connectivity index (χ2n) is 5.54. The van der Waals surface area contributed by atoms with Gasteiger partial charge in [0.2, 0.25) is 5.91 Å². The number of alkyl halides is 3. The van der Waals surface area contributed by atoms with E-state index in [-0.39, 0.29) is 28.5 Å². The first kappa shape index (κ1) is 15.9. The second-order valence-corrected chi connectivity index (χ2v) is 5.95. The molecule has 0 bridgehead atoms. The minimum absolute atomic E-state index is 0.00907. The molecule has 1 amide bonds. The van der Waals surface area contributed by atoms with Gasteiger partial charge in [-0.1, -0.05) is 41.9 Å². The van der Waals surface area contributed by atoms with Crippen LogP contribution in [0.5, 0.6) is 0 Å². The Morgan fingerprint density at radius 1 is 1.13 bits per heavy atom. The zero-order valence-corrected chi connectivity index (χ0v) is 12.7. The Labute approximate surface area is 136 Å². The van der Waals surface area contributed by atoms with Gasteiger partial charge in [0.05, 0.1) is 16.3 Å². The van der Waals surface area contributed by atoms with Crippen LogP contribution < -0.4 is 5.32 Å². The third kappa shape index (κ3) is 3.50. The van der Waals surface area contributed by atoms with Crippen LogP contribution in [-0.4, -0.2) is 5.91 Å². The molecule has 2 nitrogen and oxygen atoms in total. The van der Waals surface area contributed by atoms with Crippen LogP contribution in [0, 0.1) is 5.92 Å². The minimum Gasteiger partial charge on any atom is -0.324 e. The van der Waals surface area contributed by atoms with Gasteiger partial charge in [0.1, 0.15) is 0 Å². The first-order chi connectivity index (χ1) is 10.9. The van der Waals surface area contributed by atoms with Crippen molar-refractivity contribution in [3.8, 4) is 0 Å². The summed E-state index contributed by atoms with van der Waals surface area (Å²) in [7, 11) is 0. The maximum Gasteiger partial charge on any atom is 0.416 e. The minimum atomic E-state index is -4.48. The lowest BCUT2D eigenvalue weighted by atomic mass is 10.1. The summed E-state index contributed by atoms with van der Waals surface area (Å²) in [6.45, 7) is 0. The summed E-state index contributed by atoms with van der Waals surface area (Å²) in [5.74, 6) is -0.427. The number of amides is 1. The Hall–Kier alpha value is -2.01. The summed E-state index contributed by atoms with van der Waals surface area (Å²) in [6.07, 6.45) is -3.79. The van der Waals surface area contributed by atoms with Crippen LogP contribution in [0.15, 0.2) is 48.5 Å². The molecule has 0 aromatic heterocycles. The van der Waals surface area contributed by atoms with Crippen LogP contribution >= 0.6 is 11.6 Å². The standard InChI is InChI=1S/C17H13ClF3NO/c18-14-7-6-11(17(19,20)21)8-15(14)22-16(23)13-9-12(13)10-4-2-1-3-5-10/h1-8,12-13H,9H2,(H,22,23)/t12-,13-/m1/s1. The Morgan fingerprint density at radius 3 is 2.48 bits per heavy atom. The number of rotatable bonds is 3. The zero-order valence-electron chi connectivity index (χ0n) is 11.9. The first-order valence-electron chi connectivity index (χ1n) is 7.09. The Kier molecular flexibility index (Phi) is 4.06. The Balaban J connectivity index is 1.72. The van der Waals surface area contributed by atoms with Crippen LogP contribution in [0.3, 0.4) is 0 Å². The van der Waals surface area contributed by atoms with Crippen LogP contribution in [0.2, 0.25) is 5.02 Å². The van der Waals surface area contributed by atoms with Crippen molar-refractivity contribution in [2.24, 2.45) is 5.92 Å². The van der Waals surface area contributed by atoms with Gasteiger partial charge in [-0.05, 0) is 36.1 Å². The largest absolute Gasteiger partial charge is 0.416 e. The summed E-state index contributed by atoms with van der Waals surface area (Å²) in [4.78, 5) is 12.2. The highest BCUT2D eigenvalue weighted by molar-refractivity contribution is 6.33. The van der Waals surface area contributed by atoms with E-state index in [2.05, 4.69) is 5.32 Å². The van der Waals surface area contributed by atoms with Crippen molar-refractivity contribution in [2.75, 3.05) is 5.32 Å². The van der Waals surface area contributed by atoms with E-state index in [9.17, 15) is 18.0 Å². The molecule has 2 atom stereocenters. The number of carbonyl (C=O) groups is 1. The number of hydrogen-bond acceptors (Lipinski definition) is 1. The van der Waals surface area contributed by atoms with Crippen LogP contribution in [0.25, 0.3) is 0 Å². The van der Waals surface area contributed by atoms with E-state index in [1.54, 1.807) is 0 Å². The average molecular weight is 340 g/mol. The third-order valence-corrected chi connectivity index (χ3v) is 4.24. The molecule has 3 rings (SSSR count). The average Bonchev–Trinajstić information content (AvgIpc) is 3.30. The van der Waals surface area contributed by atoms with Crippen molar-refractivity contribution in [2.45, 2.75) is 18.5 Å². The fourth-order valence-corrected chi connectivity index (χ4v) is 2.74. The summed E-state index contributed by atoms with van der Waals surface area (Å²) in [5, 5.41) is 2.60. The van der Waals surface area contributed by atoms with Crippen molar-refractivity contribution < 1.29 is 18.0 Å². The molecule has 1 aliphatic carbocycles. The van der Waals surface area contributed by atoms with E-state index < -0.39 is 11.7 Å². The Bertz CT molecular complexity index is 730. The molecule has 0 aliphatic heterocycles. The number of benzene rings is 2. The fourth-order valence-electron chi connectivity index (χ4n) is 2.58. The van der Waals surface area contributed by atoms with Crippen molar-refractivity contribution in [1.82, 2.24) is 0 Å². The summed E-state index contributed by atoms with van der Waals surface area (Å²) in [6, 6.07) is 12.5. The van der Waals surface area contributed by atoms with Gasteiger partial charge in [-0.3, -0.25) is 4.79 Å². The normalized spacial score (nSPS) is 20.2. The number of hydrogen-bond donors (Lipinski definition) is 1. The van der Waals surface area contributed by atoms with E-state index in [0.29, 0.717) is 6.42 Å². The van der Waals surface area contributed by atoms with Crippen molar-refractivity contribution >= 4 is 23.2 Å². The molecule has 0 radical (unpaired) electrons. The fraction of sp³-hybridized carbons (Fsp3) is 0.235. The lowest BCUT2D eigenvalue weighted by Crippen LogP contribution is -2.16. The second kappa shape index (κ2) is 5.89. The Morgan fingerprint density at radius 2 is 1.83 bits per heavy atom. The molecular weight excluding hydrogens is 327 g/mol. The summed E-state index contributed by atoms with van der Waals surface area (Å²) >= 11 is 5.89. The lowest BCUT2D eigenvalue weighted by molar-refractivity contribution is -0.137. The maximum atomic E-state index is 12.7. The van der Waals surface area contributed by atoms with Gasteiger partial charge < -0.3 is 5.32 Å². The molecule has 0 spiro atoms. The van der Waals surface area contributed by atoms with E-state index >= 15 is 0 Å². The van der Waals surface area contributed by atoms with Gasteiger partial charge in [0.25, 0.3) is 0 Å². The smallest absolute Gasteiger partial charge is 0.324 e. The number of anilines is 1. The molecular formula is C17H13ClF3NO. The molecule has 1 fully saturated rings. The highest BCUT2D eigenvalue weighted by atomic mass is 35.5. The van der Waals surface area contributed by atoms with E-state index in [1.165, 1.54) is 0 Å². The van der Waals surface area contributed by atoms with Gasteiger partial charge in [-0.15, -0.1) is 0 Å². The van der Waals surface area contributed by atoms with Crippen molar-refractivity contribution in [1.29, 1.82) is 0 Å². The third-order valence-electron chi connectivity index (χ3n) is 3.91. The number of halogens is 4. The quantitative estimate of drug-likeness (QED) is 0.828. The maximum absolute atomic E-state index is 12.7. The molecule has 6 heteroatoms. The van der Waals surface area contributed by atoms with Crippen LogP contribution in [0.1, 0.15) is 23.5 Å². The van der Waals surface area contributed by atoms with E-state index in [4.69, 9.17) is 11.6 Å². The molecule has 0 unspecified atom stereocenters. The highest BCUT2D eigenvalue weighted by Crippen LogP contribution is 2.48. The van der Waals surface area contributed by atoms with Crippen LogP contribution in [-0.2, 0) is 11.0 Å². The van der Waals surface area contributed by atoms with Crippen molar-refractivity contribution in [3.05, 3.63) is 64.7 Å². The van der Waals surface area contributed by atoms with Gasteiger partial charge in [-0.25, -0.2) is 0 Å². The predicted octanol–water partition coefficient (Wildman–Crippen LogP) is 5.10. The molecule has 2 aromatic rings. The number of nitrogens with one attached hydrogen (secondary N) is 1. The molecule has 1 N–H and O–H groups in total. The molecule has 1 saturated carbocycles. The molecule has 2 aromatic carbocycles. The summed E-state index contributed by atoms with van der Waals surface area (Å²) < 4.78 is 38.2. The molecule has 120 valence electrons. The van der Waals surface area contributed by atoms with Crippen LogP contribution in [0.4, 0.5) is 18.9 Å². The topological polar surface area (TPSA) is 29.1 Å². The van der Waals surface area contributed by atoms with Gasteiger partial charge in [0, 0.05) is 5.92 Å². The molecule has 1 aliphatic rings. The lowest BCUT2D eigenvalue weighted by Gasteiger charge is -2.11. The highest BCUT2D eigenvalue weighted by Gasteiger charge is 2.44. The molecule has 23 heavy (non-hydrogen) atoms. The van der Waals surface area contributed by atoms with Gasteiger partial charge in [-0.2, -0.15) is 13.2 Å². The summed E-state index contributed by atoms with van der Waals surface area (Å²) in [5.41, 5.74) is 0.209. The number of carbonyl (C=O) groups excluding carboxylic acids is 1. The zero-order chi connectivity index (χ0) is 16.6. The SMILES string of the molecule is O=C(Nc1cc(C(F)(F)F)ccc1Cl)[C@@H]1C[C@@H]1c1ccccc1. The monoisotopic (exact) mass is 339 g/mol. The predicted molar refractivity (Wildman–Crippen MR) is 82.4 cm³/mol. The van der Waals surface area contributed by atoms with E-state index in [1.807, 2.05) is 30.3 Å².